The van der Waals surface area contributed by atoms with Crippen molar-refractivity contribution < 1.29 is 9.59 Å². The fourth-order valence-electron chi connectivity index (χ4n) is 1.41. The summed E-state index contributed by atoms with van der Waals surface area (Å²) in [6, 6.07) is -0.343. The van der Waals surface area contributed by atoms with Crippen LogP contribution in [0.1, 0.15) is 19.3 Å². The smallest absolute Gasteiger partial charge is 0.322 e. The third kappa shape index (κ3) is 0.509. The summed E-state index contributed by atoms with van der Waals surface area (Å²) in [7, 11) is 0. The minimum absolute atomic E-state index is 0.149. The Kier molecular flexibility index (Phi) is 0.859. The quantitative estimate of drug-likeness (QED) is 0.456. The first-order valence-electron chi connectivity index (χ1n) is 3.37. The van der Waals surface area contributed by atoms with Crippen LogP contribution in [0.3, 0.4) is 0 Å². The van der Waals surface area contributed by atoms with Crippen LogP contribution in [0.5, 0.6) is 0 Å². The number of hydrogen-bond acceptors (Lipinski definition) is 2. The lowest BCUT2D eigenvalue weighted by Gasteiger charge is -2.34. The van der Waals surface area contributed by atoms with E-state index in [4.69, 9.17) is 0 Å². The second-order valence-corrected chi connectivity index (χ2v) is 2.84. The van der Waals surface area contributed by atoms with Crippen molar-refractivity contribution in [2.45, 2.75) is 24.8 Å². The van der Waals surface area contributed by atoms with Crippen molar-refractivity contribution >= 4 is 11.9 Å². The molecule has 0 bridgehead atoms. The molecule has 2 fully saturated rings. The lowest BCUT2D eigenvalue weighted by atomic mass is 9.77. The van der Waals surface area contributed by atoms with Gasteiger partial charge in [-0.25, -0.2) is 4.79 Å². The lowest BCUT2D eigenvalue weighted by Crippen LogP contribution is -2.52. The van der Waals surface area contributed by atoms with E-state index in [0.717, 1.165) is 19.3 Å². The maximum absolute atomic E-state index is 11.0. The van der Waals surface area contributed by atoms with Gasteiger partial charge in [0.15, 0.2) is 0 Å². The number of nitrogens with one attached hydrogen (secondary N) is 2. The Morgan fingerprint density at radius 3 is 2.20 bits per heavy atom. The molecule has 3 amide bonds. The topological polar surface area (TPSA) is 58.2 Å². The highest BCUT2D eigenvalue weighted by Gasteiger charge is 2.50. The molecular weight excluding hydrogens is 132 g/mol. The monoisotopic (exact) mass is 140 g/mol. The highest BCUT2D eigenvalue weighted by atomic mass is 16.2. The van der Waals surface area contributed by atoms with Gasteiger partial charge in [0.2, 0.25) is 0 Å². The highest BCUT2D eigenvalue weighted by molar-refractivity contribution is 6.07. The average Bonchev–Trinajstić information content (AvgIpc) is 2.04. The van der Waals surface area contributed by atoms with Crippen LogP contribution >= 0.6 is 0 Å². The normalized spacial score (nSPS) is 27.6. The van der Waals surface area contributed by atoms with Crippen molar-refractivity contribution in [2.24, 2.45) is 0 Å². The zero-order chi connectivity index (χ0) is 7.19. The summed E-state index contributed by atoms with van der Waals surface area (Å²) < 4.78 is 0. The molecule has 1 saturated carbocycles. The molecule has 2 rings (SSSR count). The van der Waals surface area contributed by atoms with Gasteiger partial charge in [0.05, 0.1) is 0 Å². The molecule has 0 radical (unpaired) electrons. The molecule has 1 aliphatic carbocycles. The molecule has 10 heavy (non-hydrogen) atoms. The molecule has 0 unspecified atom stereocenters. The number of imide groups is 1. The summed E-state index contributed by atoms with van der Waals surface area (Å²) in [6.45, 7) is 0. The Hall–Kier alpha value is -1.06. The van der Waals surface area contributed by atoms with Gasteiger partial charge in [0.25, 0.3) is 5.91 Å². The van der Waals surface area contributed by atoms with Gasteiger partial charge < -0.3 is 5.32 Å². The predicted molar refractivity (Wildman–Crippen MR) is 33.3 cm³/mol. The van der Waals surface area contributed by atoms with E-state index >= 15 is 0 Å². The Morgan fingerprint density at radius 2 is 2.00 bits per heavy atom. The van der Waals surface area contributed by atoms with E-state index < -0.39 is 5.54 Å². The van der Waals surface area contributed by atoms with Crippen LogP contribution in [0.15, 0.2) is 0 Å². The summed E-state index contributed by atoms with van der Waals surface area (Å²) in [6.07, 6.45) is 2.63. The number of rotatable bonds is 0. The van der Waals surface area contributed by atoms with Crippen molar-refractivity contribution in [1.29, 1.82) is 0 Å². The molecule has 0 aromatic rings. The number of amides is 3. The molecule has 2 N–H and O–H groups in total. The number of carbonyl (C=O) groups is 2. The summed E-state index contributed by atoms with van der Waals surface area (Å²) in [4.78, 5) is 21.6. The number of urea groups is 1. The minimum Gasteiger partial charge on any atom is -0.323 e. The lowest BCUT2D eigenvalue weighted by molar-refractivity contribution is -0.126. The van der Waals surface area contributed by atoms with Crippen molar-refractivity contribution in [1.82, 2.24) is 10.6 Å². The van der Waals surface area contributed by atoms with Crippen LogP contribution in [-0.4, -0.2) is 17.5 Å². The van der Waals surface area contributed by atoms with Crippen LogP contribution in [0.25, 0.3) is 0 Å². The van der Waals surface area contributed by atoms with Gasteiger partial charge in [-0.05, 0) is 19.3 Å². The van der Waals surface area contributed by atoms with Crippen LogP contribution in [-0.2, 0) is 4.79 Å². The summed E-state index contributed by atoms with van der Waals surface area (Å²) in [5, 5.41) is 4.84. The van der Waals surface area contributed by atoms with Crippen molar-refractivity contribution in [2.75, 3.05) is 0 Å². The van der Waals surface area contributed by atoms with Crippen LogP contribution in [0, 0.1) is 0 Å². The summed E-state index contributed by atoms with van der Waals surface area (Å²) in [5.41, 5.74) is -0.503. The van der Waals surface area contributed by atoms with E-state index in [1.54, 1.807) is 0 Å². The van der Waals surface area contributed by atoms with Crippen molar-refractivity contribution in [3.05, 3.63) is 0 Å². The van der Waals surface area contributed by atoms with Crippen LogP contribution in [0.4, 0.5) is 4.79 Å². The Labute approximate surface area is 58.0 Å². The summed E-state index contributed by atoms with van der Waals surface area (Å²) >= 11 is 0. The standard InChI is InChI=1S/C6H8N2O2/c9-4-6(2-1-3-6)8-5(10)7-4/h1-3H2,(H2,7,8,9,10). The molecule has 1 aliphatic heterocycles. The molecule has 1 spiro atoms. The van der Waals surface area contributed by atoms with E-state index in [2.05, 4.69) is 10.6 Å². The molecular formula is C6H8N2O2. The zero-order valence-electron chi connectivity index (χ0n) is 5.44. The Balaban J connectivity index is 2.23. The van der Waals surface area contributed by atoms with E-state index in [1.165, 1.54) is 0 Å². The van der Waals surface area contributed by atoms with E-state index in [-0.39, 0.29) is 11.9 Å². The van der Waals surface area contributed by atoms with Crippen LogP contribution < -0.4 is 10.6 Å². The fourth-order valence-corrected chi connectivity index (χ4v) is 1.41. The third-order valence-corrected chi connectivity index (χ3v) is 2.22. The Bertz CT molecular complexity index is 208. The molecule has 0 atom stereocenters. The average molecular weight is 140 g/mol. The zero-order valence-corrected chi connectivity index (χ0v) is 5.44. The summed E-state index contributed by atoms with van der Waals surface area (Å²) in [5.74, 6) is -0.149. The molecule has 2 aliphatic rings. The number of hydrogen-bond donors (Lipinski definition) is 2. The largest absolute Gasteiger partial charge is 0.323 e. The van der Waals surface area contributed by atoms with Gasteiger partial charge in [0.1, 0.15) is 5.54 Å². The first-order chi connectivity index (χ1) is 4.73. The molecule has 1 saturated heterocycles. The molecule has 0 aromatic carbocycles. The molecule has 4 nitrogen and oxygen atoms in total. The molecule has 0 aromatic heterocycles. The molecule has 54 valence electrons. The van der Waals surface area contributed by atoms with E-state index in [0.29, 0.717) is 0 Å². The number of carbonyl (C=O) groups excluding carboxylic acids is 2. The highest BCUT2D eigenvalue weighted by Crippen LogP contribution is 2.33. The van der Waals surface area contributed by atoms with Gasteiger partial charge in [-0.1, -0.05) is 0 Å². The van der Waals surface area contributed by atoms with Crippen molar-refractivity contribution in [3.63, 3.8) is 0 Å². The van der Waals surface area contributed by atoms with Gasteiger partial charge in [-0.15, -0.1) is 0 Å². The SMILES string of the molecule is O=C1NC(=O)C2(CCC2)N1. The predicted octanol–water partition coefficient (Wildman–Crippen LogP) is -0.252. The maximum Gasteiger partial charge on any atom is 0.322 e. The second kappa shape index (κ2) is 1.51. The molecule has 4 heteroatoms. The van der Waals surface area contributed by atoms with E-state index in [1.807, 2.05) is 0 Å². The van der Waals surface area contributed by atoms with Gasteiger partial charge in [-0.2, -0.15) is 0 Å². The fraction of sp³-hybridized carbons (Fsp3) is 0.667. The van der Waals surface area contributed by atoms with Gasteiger partial charge in [-0.3, -0.25) is 10.1 Å². The second-order valence-electron chi connectivity index (χ2n) is 2.84. The Morgan fingerprint density at radius 1 is 1.30 bits per heavy atom. The first-order valence-corrected chi connectivity index (χ1v) is 3.37. The van der Waals surface area contributed by atoms with Gasteiger partial charge >= 0.3 is 6.03 Å². The molecule has 1 heterocycles. The van der Waals surface area contributed by atoms with Gasteiger partial charge in [0, 0.05) is 0 Å². The van der Waals surface area contributed by atoms with E-state index in [9.17, 15) is 9.59 Å². The third-order valence-electron chi connectivity index (χ3n) is 2.22. The maximum atomic E-state index is 11.0. The van der Waals surface area contributed by atoms with Crippen molar-refractivity contribution in [3.8, 4) is 0 Å². The van der Waals surface area contributed by atoms with Crippen LogP contribution in [0.2, 0.25) is 0 Å². The first kappa shape index (κ1) is 5.70. The minimum atomic E-state index is -0.503.